The predicted molar refractivity (Wildman–Crippen MR) is 66.2 cm³/mol. The molecule has 1 aromatic rings. The molecule has 0 radical (unpaired) electrons. The van der Waals surface area contributed by atoms with Crippen molar-refractivity contribution in [3.8, 4) is 0 Å². The lowest BCUT2D eigenvalue weighted by molar-refractivity contribution is -0.144. The van der Waals surface area contributed by atoms with Gasteiger partial charge in [-0.15, -0.1) is 0 Å². The van der Waals surface area contributed by atoms with Gasteiger partial charge in [0.1, 0.15) is 5.54 Å². The zero-order valence-electron chi connectivity index (χ0n) is 10.3. The number of halogens is 1. The van der Waals surface area contributed by atoms with E-state index in [1.54, 1.807) is 17.8 Å². The molecule has 0 aliphatic carbocycles. The molecule has 0 aromatic carbocycles. The van der Waals surface area contributed by atoms with Crippen LogP contribution in [0.25, 0.3) is 0 Å². The van der Waals surface area contributed by atoms with Crippen LogP contribution in [0.1, 0.15) is 27.2 Å². The highest BCUT2D eigenvalue weighted by Crippen LogP contribution is 2.14. The van der Waals surface area contributed by atoms with E-state index in [1.807, 2.05) is 13.8 Å². The van der Waals surface area contributed by atoms with Gasteiger partial charge >= 0.3 is 5.97 Å². The van der Waals surface area contributed by atoms with E-state index in [0.29, 0.717) is 18.0 Å². The van der Waals surface area contributed by atoms with E-state index in [0.717, 1.165) is 0 Å². The van der Waals surface area contributed by atoms with Crippen LogP contribution in [-0.4, -0.2) is 32.4 Å². The van der Waals surface area contributed by atoms with Gasteiger partial charge in [0.05, 0.1) is 11.2 Å². The van der Waals surface area contributed by atoms with Crippen LogP contribution in [0.5, 0.6) is 0 Å². The maximum Gasteiger partial charge on any atom is 0.323 e. The van der Waals surface area contributed by atoms with Crippen LogP contribution < -0.4 is 5.32 Å². The maximum absolute atomic E-state index is 11.3. The van der Waals surface area contributed by atoms with Crippen molar-refractivity contribution in [2.45, 2.75) is 45.3 Å². The van der Waals surface area contributed by atoms with E-state index in [2.05, 4.69) is 10.4 Å². The van der Waals surface area contributed by atoms with Gasteiger partial charge in [0, 0.05) is 18.8 Å². The van der Waals surface area contributed by atoms with Crippen LogP contribution in [0.3, 0.4) is 0 Å². The first-order valence-corrected chi connectivity index (χ1v) is 5.90. The summed E-state index contributed by atoms with van der Waals surface area (Å²) in [6.45, 7) is 6.04. The van der Waals surface area contributed by atoms with E-state index in [-0.39, 0.29) is 6.04 Å². The lowest BCUT2D eigenvalue weighted by Crippen LogP contribution is -2.52. The Labute approximate surface area is 106 Å². The molecule has 6 heteroatoms. The van der Waals surface area contributed by atoms with Gasteiger partial charge in [0.25, 0.3) is 0 Å². The molecule has 0 spiro atoms. The molecule has 0 saturated heterocycles. The Kier molecular flexibility index (Phi) is 4.54. The fourth-order valence-electron chi connectivity index (χ4n) is 1.68. The molecule has 1 aromatic heterocycles. The minimum Gasteiger partial charge on any atom is -0.480 e. The largest absolute Gasteiger partial charge is 0.480 e. The summed E-state index contributed by atoms with van der Waals surface area (Å²) in [6.07, 6.45) is 3.66. The van der Waals surface area contributed by atoms with Crippen molar-refractivity contribution in [3.63, 3.8) is 0 Å². The second kappa shape index (κ2) is 5.51. The number of hydrogen-bond acceptors (Lipinski definition) is 3. The molecule has 0 aliphatic rings. The highest BCUT2D eigenvalue weighted by atomic mass is 35.5. The smallest absolute Gasteiger partial charge is 0.323 e. The van der Waals surface area contributed by atoms with Gasteiger partial charge in [-0.2, -0.15) is 5.10 Å². The average molecular weight is 260 g/mol. The van der Waals surface area contributed by atoms with Crippen molar-refractivity contribution in [1.82, 2.24) is 15.1 Å². The monoisotopic (exact) mass is 259 g/mol. The van der Waals surface area contributed by atoms with Crippen LogP contribution in [0.15, 0.2) is 12.4 Å². The van der Waals surface area contributed by atoms with Crippen molar-refractivity contribution in [2.24, 2.45) is 0 Å². The standard InChI is InChI=1S/C11H18ClN3O2/c1-8(2)14-11(3,10(16)17)4-5-15-7-9(12)6-13-15/h6-8,14H,4-5H2,1-3H3,(H,16,17). The van der Waals surface area contributed by atoms with Gasteiger partial charge in [0.15, 0.2) is 0 Å². The number of aromatic nitrogens is 2. The first kappa shape index (κ1) is 14.0. The molecule has 0 saturated carbocycles. The van der Waals surface area contributed by atoms with E-state index in [9.17, 15) is 9.90 Å². The van der Waals surface area contributed by atoms with Gasteiger partial charge in [-0.1, -0.05) is 11.6 Å². The summed E-state index contributed by atoms with van der Waals surface area (Å²) in [5.74, 6) is -0.857. The molecular formula is C11H18ClN3O2. The third-order valence-electron chi connectivity index (χ3n) is 2.52. The fraction of sp³-hybridized carbons (Fsp3) is 0.636. The first-order valence-electron chi connectivity index (χ1n) is 5.52. The highest BCUT2D eigenvalue weighted by Gasteiger charge is 2.33. The molecule has 0 aliphatic heterocycles. The molecule has 0 amide bonds. The molecule has 2 N–H and O–H groups in total. The molecule has 1 heterocycles. The summed E-state index contributed by atoms with van der Waals surface area (Å²) < 4.78 is 1.64. The maximum atomic E-state index is 11.3. The minimum atomic E-state index is -0.952. The van der Waals surface area contributed by atoms with Crippen molar-refractivity contribution < 1.29 is 9.90 Å². The Hall–Kier alpha value is -1.07. The molecule has 96 valence electrons. The Morgan fingerprint density at radius 3 is 2.76 bits per heavy atom. The minimum absolute atomic E-state index is 0.109. The Morgan fingerprint density at radius 1 is 1.71 bits per heavy atom. The lowest BCUT2D eigenvalue weighted by atomic mass is 9.97. The van der Waals surface area contributed by atoms with E-state index in [4.69, 9.17) is 11.6 Å². The quantitative estimate of drug-likeness (QED) is 0.817. The summed E-state index contributed by atoms with van der Waals surface area (Å²) in [6, 6.07) is 0.109. The van der Waals surface area contributed by atoms with Crippen molar-refractivity contribution in [2.75, 3.05) is 0 Å². The number of carboxylic acid groups (broad SMARTS) is 1. The molecule has 0 bridgehead atoms. The van der Waals surface area contributed by atoms with Gasteiger partial charge < -0.3 is 5.11 Å². The average Bonchev–Trinajstić information content (AvgIpc) is 2.60. The molecule has 17 heavy (non-hydrogen) atoms. The number of aryl methyl sites for hydroxylation is 1. The third kappa shape index (κ3) is 4.02. The highest BCUT2D eigenvalue weighted by molar-refractivity contribution is 6.30. The number of hydrogen-bond donors (Lipinski definition) is 2. The summed E-state index contributed by atoms with van der Waals surface area (Å²) in [5.41, 5.74) is -0.952. The van der Waals surface area contributed by atoms with E-state index < -0.39 is 11.5 Å². The number of carboxylic acids is 1. The van der Waals surface area contributed by atoms with E-state index in [1.165, 1.54) is 6.20 Å². The lowest BCUT2D eigenvalue weighted by Gasteiger charge is -2.28. The normalized spacial score (nSPS) is 14.9. The second-order valence-corrected chi connectivity index (χ2v) is 5.04. The van der Waals surface area contributed by atoms with Crippen LogP contribution in [0, 0.1) is 0 Å². The summed E-state index contributed by atoms with van der Waals surface area (Å²) in [5, 5.41) is 16.9. The summed E-state index contributed by atoms with van der Waals surface area (Å²) in [4.78, 5) is 11.3. The van der Waals surface area contributed by atoms with Gasteiger partial charge in [-0.05, 0) is 27.2 Å². The third-order valence-corrected chi connectivity index (χ3v) is 2.72. The number of rotatable bonds is 6. The summed E-state index contributed by atoms with van der Waals surface area (Å²) in [7, 11) is 0. The van der Waals surface area contributed by atoms with Gasteiger partial charge in [-0.25, -0.2) is 0 Å². The van der Waals surface area contributed by atoms with Crippen LogP contribution in [0.2, 0.25) is 5.02 Å². The van der Waals surface area contributed by atoms with Crippen LogP contribution >= 0.6 is 11.6 Å². The Bertz CT molecular complexity index is 392. The summed E-state index contributed by atoms with van der Waals surface area (Å²) >= 11 is 5.74. The number of nitrogens with one attached hydrogen (secondary N) is 1. The number of nitrogens with zero attached hydrogens (tertiary/aromatic N) is 2. The Balaban J connectivity index is 2.64. The molecule has 5 nitrogen and oxygen atoms in total. The van der Waals surface area contributed by atoms with Crippen molar-refractivity contribution in [1.29, 1.82) is 0 Å². The van der Waals surface area contributed by atoms with Crippen molar-refractivity contribution in [3.05, 3.63) is 17.4 Å². The van der Waals surface area contributed by atoms with Gasteiger partial charge in [-0.3, -0.25) is 14.8 Å². The fourth-order valence-corrected chi connectivity index (χ4v) is 1.83. The number of carbonyl (C=O) groups is 1. The molecule has 1 rings (SSSR count). The predicted octanol–water partition coefficient (Wildman–Crippen LogP) is 1.77. The molecule has 1 unspecified atom stereocenters. The zero-order valence-corrected chi connectivity index (χ0v) is 11.0. The second-order valence-electron chi connectivity index (χ2n) is 4.61. The van der Waals surface area contributed by atoms with E-state index >= 15 is 0 Å². The topological polar surface area (TPSA) is 67.2 Å². The van der Waals surface area contributed by atoms with Gasteiger partial charge in [0.2, 0.25) is 0 Å². The SMILES string of the molecule is CC(C)NC(C)(CCn1cc(Cl)cn1)C(=O)O. The molecular weight excluding hydrogens is 242 g/mol. The number of aliphatic carboxylic acids is 1. The van der Waals surface area contributed by atoms with Crippen LogP contribution in [-0.2, 0) is 11.3 Å². The molecule has 0 fully saturated rings. The van der Waals surface area contributed by atoms with Crippen LogP contribution in [0.4, 0.5) is 0 Å². The molecule has 1 atom stereocenters. The van der Waals surface area contributed by atoms with Crippen molar-refractivity contribution >= 4 is 17.6 Å². The Morgan fingerprint density at radius 2 is 2.35 bits per heavy atom. The first-order chi connectivity index (χ1) is 7.83. The zero-order chi connectivity index (χ0) is 13.1.